The number of pyridine rings is 1. The third kappa shape index (κ3) is 3.93. The van der Waals surface area contributed by atoms with Crippen molar-refractivity contribution in [2.75, 3.05) is 25.5 Å². The molecule has 0 spiro atoms. The maximum Gasteiger partial charge on any atom is 0.288 e. The van der Waals surface area contributed by atoms with Crippen LogP contribution in [0.15, 0.2) is 17.1 Å². The highest BCUT2D eigenvalue weighted by molar-refractivity contribution is 7.87. The molecule has 2 aliphatic rings. The average Bonchev–Trinajstić information content (AvgIpc) is 3.15. The lowest BCUT2D eigenvalue weighted by Crippen LogP contribution is -2.46. The van der Waals surface area contributed by atoms with Gasteiger partial charge < -0.3 is 5.32 Å². The van der Waals surface area contributed by atoms with Crippen LogP contribution in [0, 0.1) is 11.7 Å². The highest BCUT2D eigenvalue weighted by atomic mass is 32.2. The van der Waals surface area contributed by atoms with Gasteiger partial charge in [-0.1, -0.05) is 13.3 Å². The van der Waals surface area contributed by atoms with Gasteiger partial charge in [-0.25, -0.2) is 14.1 Å². The van der Waals surface area contributed by atoms with Crippen LogP contribution < -0.4 is 15.6 Å². The van der Waals surface area contributed by atoms with Gasteiger partial charge in [0.2, 0.25) is 5.95 Å². The monoisotopic (exact) mass is 438 g/mol. The molecule has 9 nitrogen and oxygen atoms in total. The van der Waals surface area contributed by atoms with Crippen molar-refractivity contribution in [3.8, 4) is 0 Å². The summed E-state index contributed by atoms with van der Waals surface area (Å²) in [6, 6.07) is 1.13. The predicted molar refractivity (Wildman–Crippen MR) is 112 cm³/mol. The zero-order valence-corrected chi connectivity index (χ0v) is 18.0. The Morgan fingerprint density at radius 1 is 1.20 bits per heavy atom. The number of piperidine rings is 1. The summed E-state index contributed by atoms with van der Waals surface area (Å²) in [4.78, 5) is 21.5. The molecule has 11 heteroatoms. The molecule has 0 unspecified atom stereocenters. The Kier molecular flexibility index (Phi) is 5.78. The molecule has 164 valence electrons. The fourth-order valence-corrected chi connectivity index (χ4v) is 5.48. The van der Waals surface area contributed by atoms with Crippen LogP contribution in [0.4, 0.5) is 10.3 Å². The maximum absolute atomic E-state index is 14.3. The molecule has 2 aromatic heterocycles. The Hall–Kier alpha value is -2.11. The molecule has 2 aromatic rings. The van der Waals surface area contributed by atoms with Crippen LogP contribution in [0.2, 0.25) is 0 Å². The third-order valence-corrected chi connectivity index (χ3v) is 7.82. The van der Waals surface area contributed by atoms with E-state index in [1.807, 2.05) is 0 Å². The first-order valence-corrected chi connectivity index (χ1v) is 11.8. The van der Waals surface area contributed by atoms with Crippen LogP contribution in [0.1, 0.15) is 45.1 Å². The molecule has 2 fully saturated rings. The normalized spacial score (nSPS) is 23.8. The second kappa shape index (κ2) is 8.20. The topological polar surface area (TPSA) is 109 Å². The largest absolute Gasteiger partial charge is 0.351 e. The molecule has 3 heterocycles. The van der Waals surface area contributed by atoms with E-state index in [9.17, 15) is 17.6 Å². The molecule has 0 amide bonds. The molecular weight excluding hydrogens is 411 g/mol. The van der Waals surface area contributed by atoms with Crippen molar-refractivity contribution in [2.45, 2.75) is 51.1 Å². The van der Waals surface area contributed by atoms with Crippen LogP contribution in [0.5, 0.6) is 0 Å². The van der Waals surface area contributed by atoms with Crippen molar-refractivity contribution in [3.05, 3.63) is 28.4 Å². The van der Waals surface area contributed by atoms with E-state index in [0.717, 1.165) is 19.3 Å². The second-order valence-electron chi connectivity index (χ2n) is 8.14. The molecule has 1 saturated carbocycles. The average molecular weight is 439 g/mol. The van der Waals surface area contributed by atoms with Crippen molar-refractivity contribution in [2.24, 2.45) is 5.92 Å². The second-order valence-corrected chi connectivity index (χ2v) is 10.0. The fourth-order valence-electron chi connectivity index (χ4n) is 4.53. The van der Waals surface area contributed by atoms with Crippen molar-refractivity contribution in [1.82, 2.24) is 23.6 Å². The quantitative estimate of drug-likeness (QED) is 0.735. The molecule has 2 atom stereocenters. The molecule has 1 aliphatic carbocycles. The zero-order chi connectivity index (χ0) is 21.5. The SMILES string of the molecule is CNS(=O)(=O)N1CCC(Nc2ncc3cc(F)c(=O)n([C@@H]4CCC[C@@H]4C)c3n2)CC1. The molecule has 1 saturated heterocycles. The van der Waals surface area contributed by atoms with Crippen molar-refractivity contribution >= 4 is 27.2 Å². The number of nitrogens with one attached hydrogen (secondary N) is 2. The molecule has 30 heavy (non-hydrogen) atoms. The van der Waals surface area contributed by atoms with Crippen LogP contribution in [0.3, 0.4) is 0 Å². The van der Waals surface area contributed by atoms with Gasteiger partial charge in [-0.05, 0) is 37.7 Å². The minimum atomic E-state index is -3.42. The third-order valence-electron chi connectivity index (χ3n) is 6.26. The fraction of sp³-hybridized carbons (Fsp3) is 0.632. The zero-order valence-electron chi connectivity index (χ0n) is 17.1. The summed E-state index contributed by atoms with van der Waals surface area (Å²) in [5, 5.41) is 3.75. The number of aromatic nitrogens is 3. The summed E-state index contributed by atoms with van der Waals surface area (Å²) in [7, 11) is -2.03. The lowest BCUT2D eigenvalue weighted by molar-refractivity contribution is 0.326. The first-order chi connectivity index (χ1) is 14.3. The van der Waals surface area contributed by atoms with Crippen molar-refractivity contribution < 1.29 is 12.8 Å². The van der Waals surface area contributed by atoms with Gasteiger partial charge in [0.1, 0.15) is 5.65 Å². The van der Waals surface area contributed by atoms with Gasteiger partial charge in [-0.3, -0.25) is 9.36 Å². The highest BCUT2D eigenvalue weighted by Gasteiger charge is 2.30. The van der Waals surface area contributed by atoms with Crippen LogP contribution >= 0.6 is 0 Å². The Labute approximate surface area is 174 Å². The Balaban J connectivity index is 1.59. The van der Waals surface area contributed by atoms with Gasteiger partial charge in [0, 0.05) is 43.8 Å². The van der Waals surface area contributed by atoms with Crippen LogP contribution in [0.25, 0.3) is 11.0 Å². The molecule has 0 aromatic carbocycles. The van der Waals surface area contributed by atoms with Gasteiger partial charge in [0.05, 0.1) is 0 Å². The Bertz CT molecular complexity index is 1100. The molecule has 2 N–H and O–H groups in total. The summed E-state index contributed by atoms with van der Waals surface area (Å²) >= 11 is 0. The summed E-state index contributed by atoms with van der Waals surface area (Å²) in [5.74, 6) is -0.149. The first-order valence-electron chi connectivity index (χ1n) is 10.3. The van der Waals surface area contributed by atoms with E-state index in [-0.39, 0.29) is 18.0 Å². The summed E-state index contributed by atoms with van der Waals surface area (Å²) in [6.45, 7) is 2.86. The number of hydrogen-bond donors (Lipinski definition) is 2. The molecule has 0 bridgehead atoms. The summed E-state index contributed by atoms with van der Waals surface area (Å²) in [6.07, 6.45) is 5.57. The minimum absolute atomic E-state index is 0.0109. The van der Waals surface area contributed by atoms with E-state index < -0.39 is 21.6 Å². The van der Waals surface area contributed by atoms with E-state index >= 15 is 0 Å². The number of anilines is 1. The van der Waals surface area contributed by atoms with E-state index in [1.54, 1.807) is 0 Å². The number of hydrogen-bond acceptors (Lipinski definition) is 6. The Morgan fingerprint density at radius 2 is 1.93 bits per heavy atom. The molecule has 0 radical (unpaired) electrons. The number of fused-ring (bicyclic) bond motifs is 1. The van der Waals surface area contributed by atoms with Crippen LogP contribution in [-0.2, 0) is 10.2 Å². The Morgan fingerprint density at radius 3 is 2.57 bits per heavy atom. The first kappa shape index (κ1) is 21.1. The van der Waals surface area contributed by atoms with Crippen molar-refractivity contribution in [1.29, 1.82) is 0 Å². The van der Waals surface area contributed by atoms with E-state index in [2.05, 4.69) is 26.9 Å². The highest BCUT2D eigenvalue weighted by Crippen LogP contribution is 2.36. The predicted octanol–water partition coefficient (Wildman–Crippen LogP) is 1.63. The minimum Gasteiger partial charge on any atom is -0.351 e. The van der Waals surface area contributed by atoms with Gasteiger partial charge >= 0.3 is 0 Å². The van der Waals surface area contributed by atoms with Gasteiger partial charge in [-0.2, -0.15) is 17.7 Å². The van der Waals surface area contributed by atoms with Gasteiger partial charge in [0.15, 0.2) is 5.82 Å². The molecule has 1 aliphatic heterocycles. The number of rotatable bonds is 5. The standard InChI is InChI=1S/C19H27FN6O3S/c1-12-4-3-5-16(12)26-17-13(10-15(20)18(26)27)11-22-19(24-17)23-14-6-8-25(9-7-14)30(28,29)21-2/h10-12,14,16,21H,3-9H2,1-2H3,(H,22,23,24)/t12-,16+/m0/s1. The number of halogens is 1. The van der Waals surface area contributed by atoms with Gasteiger partial charge in [-0.15, -0.1) is 0 Å². The van der Waals surface area contributed by atoms with Crippen molar-refractivity contribution in [3.63, 3.8) is 0 Å². The lowest BCUT2D eigenvalue weighted by atomic mass is 10.1. The van der Waals surface area contributed by atoms with E-state index in [4.69, 9.17) is 0 Å². The smallest absolute Gasteiger partial charge is 0.288 e. The van der Waals surface area contributed by atoms with E-state index in [1.165, 1.54) is 28.2 Å². The van der Waals surface area contributed by atoms with Gasteiger partial charge in [0.25, 0.3) is 15.8 Å². The van der Waals surface area contributed by atoms with E-state index in [0.29, 0.717) is 42.9 Å². The maximum atomic E-state index is 14.3. The lowest BCUT2D eigenvalue weighted by Gasteiger charge is -2.31. The summed E-state index contributed by atoms with van der Waals surface area (Å²) < 4.78 is 43.3. The number of nitrogens with zero attached hydrogens (tertiary/aromatic N) is 4. The molecular formula is C19H27FN6O3S. The molecule has 4 rings (SSSR count). The summed E-state index contributed by atoms with van der Waals surface area (Å²) in [5.41, 5.74) is -0.204. The van der Waals surface area contributed by atoms with Crippen LogP contribution in [-0.4, -0.2) is 53.4 Å².